The second kappa shape index (κ2) is 10.3. The summed E-state index contributed by atoms with van der Waals surface area (Å²) in [5.74, 6) is 0.784. The van der Waals surface area contributed by atoms with E-state index in [1.807, 2.05) is 60.4 Å². The number of nitrogens with zero attached hydrogens (tertiary/aromatic N) is 3. The van der Waals surface area contributed by atoms with Gasteiger partial charge in [0.1, 0.15) is 11.8 Å². The van der Waals surface area contributed by atoms with Gasteiger partial charge in [-0.1, -0.05) is 42.5 Å². The summed E-state index contributed by atoms with van der Waals surface area (Å²) in [6, 6.07) is 19.3. The predicted octanol–water partition coefficient (Wildman–Crippen LogP) is 3.60. The first-order valence-electron chi connectivity index (χ1n) is 11.3. The molecular formula is C27H29N3O3. The fraction of sp³-hybridized carbons (Fsp3) is 0.296. The van der Waals surface area contributed by atoms with E-state index in [-0.39, 0.29) is 18.2 Å². The Kier molecular flexibility index (Phi) is 7.03. The molecule has 0 spiro atoms. The minimum absolute atomic E-state index is 0.0122. The van der Waals surface area contributed by atoms with Crippen LogP contribution in [0.4, 0.5) is 0 Å². The van der Waals surface area contributed by atoms with Crippen LogP contribution < -0.4 is 4.74 Å². The Bertz CT molecular complexity index is 1100. The number of carbonyl (C=O) groups excluding carboxylic acids is 2. The van der Waals surface area contributed by atoms with Crippen LogP contribution in [-0.4, -0.2) is 59.4 Å². The maximum Gasteiger partial charge on any atom is 0.245 e. The van der Waals surface area contributed by atoms with Crippen LogP contribution in [0.5, 0.6) is 5.75 Å². The van der Waals surface area contributed by atoms with Crippen molar-refractivity contribution in [3.8, 4) is 16.9 Å². The molecule has 0 saturated carbocycles. The number of aromatic nitrogens is 1. The quantitative estimate of drug-likeness (QED) is 0.560. The molecule has 1 aromatic heterocycles. The molecule has 1 saturated heterocycles. The number of ether oxygens (including phenoxy) is 1. The standard InChI is InChI=1S/C27H29N3O3/c1-3-29-14-15-30(26(31)18-21-7-5-13-28-19-21)25(27(29)32)17-20-6-4-8-23(16-20)22-9-11-24(33-2)12-10-22/h4-13,16,19,25H,3,14-15,17-18H2,1-2H3/t25-/m1/s1. The first-order valence-corrected chi connectivity index (χ1v) is 11.3. The van der Waals surface area contributed by atoms with Crippen molar-refractivity contribution in [1.29, 1.82) is 0 Å². The topological polar surface area (TPSA) is 62.7 Å². The number of hydrogen-bond acceptors (Lipinski definition) is 4. The number of hydrogen-bond donors (Lipinski definition) is 0. The second-order valence-electron chi connectivity index (χ2n) is 8.19. The highest BCUT2D eigenvalue weighted by Gasteiger charge is 2.36. The van der Waals surface area contributed by atoms with Crippen LogP contribution in [0.15, 0.2) is 73.1 Å². The average molecular weight is 444 g/mol. The molecular weight excluding hydrogens is 414 g/mol. The van der Waals surface area contributed by atoms with Gasteiger partial charge in [-0.3, -0.25) is 14.6 Å². The molecule has 1 aliphatic rings. The molecule has 1 atom stereocenters. The fourth-order valence-electron chi connectivity index (χ4n) is 4.31. The number of carbonyl (C=O) groups is 2. The zero-order chi connectivity index (χ0) is 23.2. The zero-order valence-corrected chi connectivity index (χ0v) is 19.1. The van der Waals surface area contributed by atoms with Gasteiger partial charge in [0, 0.05) is 38.4 Å². The lowest BCUT2D eigenvalue weighted by atomic mass is 9.96. The number of likely N-dealkylation sites (N-methyl/N-ethyl adjacent to an activating group) is 1. The van der Waals surface area contributed by atoms with Crippen LogP contribution in [0.25, 0.3) is 11.1 Å². The number of benzene rings is 2. The van der Waals surface area contributed by atoms with Gasteiger partial charge in [-0.05, 0) is 47.4 Å². The van der Waals surface area contributed by atoms with Crippen molar-refractivity contribution in [3.63, 3.8) is 0 Å². The van der Waals surface area contributed by atoms with E-state index >= 15 is 0 Å². The number of methoxy groups -OCH3 is 1. The largest absolute Gasteiger partial charge is 0.497 e. The lowest BCUT2D eigenvalue weighted by Gasteiger charge is -2.40. The van der Waals surface area contributed by atoms with Crippen molar-refractivity contribution in [2.75, 3.05) is 26.7 Å². The van der Waals surface area contributed by atoms with Crippen molar-refractivity contribution in [3.05, 3.63) is 84.2 Å². The summed E-state index contributed by atoms with van der Waals surface area (Å²) >= 11 is 0. The van der Waals surface area contributed by atoms with Crippen molar-refractivity contribution in [1.82, 2.24) is 14.8 Å². The molecule has 0 N–H and O–H groups in total. The van der Waals surface area contributed by atoms with Crippen molar-refractivity contribution in [2.24, 2.45) is 0 Å². The smallest absolute Gasteiger partial charge is 0.245 e. The van der Waals surface area contributed by atoms with Gasteiger partial charge in [0.2, 0.25) is 11.8 Å². The highest BCUT2D eigenvalue weighted by molar-refractivity contribution is 5.90. The van der Waals surface area contributed by atoms with Gasteiger partial charge in [0.25, 0.3) is 0 Å². The molecule has 3 aromatic rings. The molecule has 4 rings (SSSR count). The molecule has 1 aliphatic heterocycles. The fourth-order valence-corrected chi connectivity index (χ4v) is 4.31. The monoisotopic (exact) mass is 443 g/mol. The van der Waals surface area contributed by atoms with Gasteiger partial charge < -0.3 is 14.5 Å². The Morgan fingerprint density at radius 3 is 2.52 bits per heavy atom. The summed E-state index contributed by atoms with van der Waals surface area (Å²) in [6.45, 7) is 3.73. The third-order valence-electron chi connectivity index (χ3n) is 6.14. The van der Waals surface area contributed by atoms with Crippen molar-refractivity contribution in [2.45, 2.75) is 25.8 Å². The molecule has 0 aliphatic carbocycles. The lowest BCUT2D eigenvalue weighted by Crippen LogP contribution is -2.59. The minimum atomic E-state index is -0.506. The van der Waals surface area contributed by atoms with E-state index < -0.39 is 6.04 Å². The molecule has 0 bridgehead atoms. The van der Waals surface area contributed by atoms with Gasteiger partial charge in [-0.25, -0.2) is 0 Å². The van der Waals surface area contributed by atoms with E-state index in [0.717, 1.165) is 28.0 Å². The number of piperazine rings is 1. The van der Waals surface area contributed by atoms with E-state index in [0.29, 0.717) is 26.1 Å². The number of pyridine rings is 1. The highest BCUT2D eigenvalue weighted by Crippen LogP contribution is 2.25. The van der Waals surface area contributed by atoms with E-state index in [4.69, 9.17) is 4.74 Å². The number of rotatable bonds is 7. The molecule has 0 radical (unpaired) electrons. The highest BCUT2D eigenvalue weighted by atomic mass is 16.5. The van der Waals surface area contributed by atoms with Crippen LogP contribution in [0.3, 0.4) is 0 Å². The molecule has 2 heterocycles. The van der Waals surface area contributed by atoms with E-state index in [9.17, 15) is 9.59 Å². The summed E-state index contributed by atoms with van der Waals surface area (Å²) in [5, 5.41) is 0. The second-order valence-corrected chi connectivity index (χ2v) is 8.19. The van der Waals surface area contributed by atoms with E-state index in [1.54, 1.807) is 24.4 Å². The Balaban J connectivity index is 1.57. The number of amides is 2. The Morgan fingerprint density at radius 2 is 1.82 bits per heavy atom. The Labute approximate surface area is 194 Å². The van der Waals surface area contributed by atoms with Gasteiger partial charge in [-0.2, -0.15) is 0 Å². The predicted molar refractivity (Wildman–Crippen MR) is 128 cm³/mol. The zero-order valence-electron chi connectivity index (χ0n) is 19.1. The summed E-state index contributed by atoms with van der Waals surface area (Å²) in [7, 11) is 1.65. The van der Waals surface area contributed by atoms with Gasteiger partial charge in [0.05, 0.1) is 13.5 Å². The first kappa shape index (κ1) is 22.5. The first-order chi connectivity index (χ1) is 16.1. The molecule has 1 fully saturated rings. The molecule has 170 valence electrons. The van der Waals surface area contributed by atoms with E-state index in [1.165, 1.54) is 0 Å². The normalized spacial score (nSPS) is 16.1. The van der Waals surface area contributed by atoms with Crippen LogP contribution >= 0.6 is 0 Å². The lowest BCUT2D eigenvalue weighted by molar-refractivity contribution is -0.150. The van der Waals surface area contributed by atoms with E-state index in [2.05, 4.69) is 17.1 Å². The minimum Gasteiger partial charge on any atom is -0.497 e. The third-order valence-corrected chi connectivity index (χ3v) is 6.14. The van der Waals surface area contributed by atoms with Gasteiger partial charge >= 0.3 is 0 Å². The Morgan fingerprint density at radius 1 is 1.03 bits per heavy atom. The summed E-state index contributed by atoms with van der Waals surface area (Å²) < 4.78 is 5.26. The SMILES string of the molecule is CCN1CCN(C(=O)Cc2cccnc2)[C@H](Cc2cccc(-c3ccc(OC)cc3)c2)C1=O. The molecule has 33 heavy (non-hydrogen) atoms. The van der Waals surface area contributed by atoms with Crippen molar-refractivity contribution < 1.29 is 14.3 Å². The van der Waals surface area contributed by atoms with Crippen LogP contribution in [0.2, 0.25) is 0 Å². The summed E-state index contributed by atoms with van der Waals surface area (Å²) in [5.41, 5.74) is 4.03. The van der Waals surface area contributed by atoms with Crippen LogP contribution in [0.1, 0.15) is 18.1 Å². The Hall–Kier alpha value is -3.67. The third kappa shape index (κ3) is 5.22. The van der Waals surface area contributed by atoms with Gasteiger partial charge in [-0.15, -0.1) is 0 Å². The molecule has 2 aromatic carbocycles. The maximum absolute atomic E-state index is 13.3. The summed E-state index contributed by atoms with van der Waals surface area (Å²) in [6.07, 6.45) is 4.12. The molecule has 6 nitrogen and oxygen atoms in total. The average Bonchev–Trinajstić information content (AvgIpc) is 2.86. The maximum atomic E-state index is 13.3. The van der Waals surface area contributed by atoms with Gasteiger partial charge in [0.15, 0.2) is 0 Å². The molecule has 6 heteroatoms. The van der Waals surface area contributed by atoms with Crippen LogP contribution in [-0.2, 0) is 22.4 Å². The molecule has 2 amide bonds. The van der Waals surface area contributed by atoms with Crippen LogP contribution in [0, 0.1) is 0 Å². The van der Waals surface area contributed by atoms with Crippen molar-refractivity contribution >= 4 is 11.8 Å². The summed E-state index contributed by atoms with van der Waals surface area (Å²) in [4.78, 5) is 34.1. The molecule has 0 unspecified atom stereocenters.